The summed E-state index contributed by atoms with van der Waals surface area (Å²) in [4.78, 5) is 11.3. The summed E-state index contributed by atoms with van der Waals surface area (Å²) in [5, 5.41) is 3.35. The Morgan fingerprint density at radius 1 is 1.15 bits per heavy atom. The van der Waals surface area contributed by atoms with Crippen LogP contribution in [0.15, 0.2) is 59.0 Å². The van der Waals surface area contributed by atoms with E-state index in [1.807, 2.05) is 49.4 Å². The molecule has 1 aromatic heterocycles. The number of hydrogen-bond acceptors (Lipinski definition) is 4. The molecule has 2 aromatic rings. The zero-order chi connectivity index (χ0) is 13.9. The predicted octanol–water partition coefficient (Wildman–Crippen LogP) is 3.22. The number of anilines is 1. The van der Waals surface area contributed by atoms with Crippen molar-refractivity contribution in [3.8, 4) is 0 Å². The van der Waals surface area contributed by atoms with Gasteiger partial charge in [0, 0.05) is 11.8 Å². The molecule has 3 rings (SSSR count). The highest BCUT2D eigenvalue weighted by Gasteiger charge is 2.30. The minimum atomic E-state index is -0.367. The maximum absolute atomic E-state index is 11.3. The zero-order valence-electron chi connectivity index (χ0n) is 11.1. The van der Waals surface area contributed by atoms with Crippen molar-refractivity contribution in [3.63, 3.8) is 0 Å². The van der Waals surface area contributed by atoms with Gasteiger partial charge in [-0.1, -0.05) is 18.2 Å². The van der Waals surface area contributed by atoms with Gasteiger partial charge in [0.25, 0.3) is 0 Å². The van der Waals surface area contributed by atoms with Gasteiger partial charge < -0.3 is 14.5 Å². The van der Waals surface area contributed by atoms with Gasteiger partial charge in [0.1, 0.15) is 23.7 Å². The van der Waals surface area contributed by atoms with Crippen LogP contribution in [0.3, 0.4) is 0 Å². The molecule has 1 aliphatic heterocycles. The van der Waals surface area contributed by atoms with Gasteiger partial charge in [-0.05, 0) is 37.3 Å². The van der Waals surface area contributed by atoms with Crippen LogP contribution in [0.25, 0.3) is 0 Å². The molecule has 2 heterocycles. The molecule has 4 nitrogen and oxygen atoms in total. The van der Waals surface area contributed by atoms with E-state index in [4.69, 9.17) is 9.15 Å². The number of hydrogen-bond donors (Lipinski definition) is 1. The molecule has 0 spiro atoms. The topological polar surface area (TPSA) is 51.5 Å². The molecular formula is C16H15NO3. The van der Waals surface area contributed by atoms with Crippen LogP contribution in [-0.2, 0) is 9.53 Å². The fourth-order valence-electron chi connectivity index (χ4n) is 2.21. The van der Waals surface area contributed by atoms with Crippen LogP contribution in [0.5, 0.6) is 0 Å². The molecule has 0 radical (unpaired) electrons. The number of cyclic esters (lactones) is 1. The van der Waals surface area contributed by atoms with Crippen molar-refractivity contribution >= 4 is 11.7 Å². The third-order valence-corrected chi connectivity index (χ3v) is 3.17. The summed E-state index contributed by atoms with van der Waals surface area (Å²) < 4.78 is 11.0. The summed E-state index contributed by atoms with van der Waals surface area (Å²) in [6, 6.07) is 13.3. The van der Waals surface area contributed by atoms with Gasteiger partial charge >= 0.3 is 5.97 Å². The van der Waals surface area contributed by atoms with Crippen molar-refractivity contribution in [2.75, 3.05) is 5.32 Å². The van der Waals surface area contributed by atoms with Gasteiger partial charge in [0.05, 0.1) is 0 Å². The maximum atomic E-state index is 11.3. The van der Waals surface area contributed by atoms with Crippen molar-refractivity contribution in [1.82, 2.24) is 0 Å². The minimum Gasteiger partial charge on any atom is -0.464 e. The first-order valence-electron chi connectivity index (χ1n) is 6.49. The number of ether oxygens (including phenoxy) is 1. The van der Waals surface area contributed by atoms with Gasteiger partial charge in [-0.25, -0.2) is 4.79 Å². The Labute approximate surface area is 117 Å². The van der Waals surface area contributed by atoms with E-state index in [2.05, 4.69) is 5.32 Å². The monoisotopic (exact) mass is 269 g/mol. The van der Waals surface area contributed by atoms with Crippen molar-refractivity contribution in [3.05, 3.63) is 66.1 Å². The van der Waals surface area contributed by atoms with Crippen LogP contribution in [0.4, 0.5) is 5.69 Å². The van der Waals surface area contributed by atoms with E-state index in [-0.39, 0.29) is 18.1 Å². The van der Waals surface area contributed by atoms with Crippen LogP contribution in [0, 0.1) is 6.92 Å². The average molecular weight is 269 g/mol. The van der Waals surface area contributed by atoms with Crippen LogP contribution < -0.4 is 5.32 Å². The molecule has 2 atom stereocenters. The molecule has 1 aliphatic rings. The third kappa shape index (κ3) is 2.59. The first kappa shape index (κ1) is 12.5. The second-order valence-electron chi connectivity index (χ2n) is 4.70. The Morgan fingerprint density at radius 2 is 1.95 bits per heavy atom. The molecule has 0 bridgehead atoms. The Bertz CT molecular complexity index is 630. The second kappa shape index (κ2) is 5.25. The zero-order valence-corrected chi connectivity index (χ0v) is 11.1. The van der Waals surface area contributed by atoms with Crippen molar-refractivity contribution < 1.29 is 13.9 Å². The summed E-state index contributed by atoms with van der Waals surface area (Å²) >= 11 is 0. The van der Waals surface area contributed by atoms with E-state index in [0.717, 1.165) is 17.2 Å². The Balaban J connectivity index is 1.87. The maximum Gasteiger partial charge on any atom is 0.331 e. The summed E-state index contributed by atoms with van der Waals surface area (Å²) in [6.07, 6.45) is 2.83. The quantitative estimate of drug-likeness (QED) is 0.866. The molecule has 20 heavy (non-hydrogen) atoms. The van der Waals surface area contributed by atoms with Gasteiger partial charge in [-0.15, -0.1) is 0 Å². The van der Waals surface area contributed by atoms with E-state index in [0.29, 0.717) is 0 Å². The highest BCUT2D eigenvalue weighted by molar-refractivity contribution is 5.84. The van der Waals surface area contributed by atoms with Crippen LogP contribution in [0.1, 0.15) is 17.6 Å². The lowest BCUT2D eigenvalue weighted by Crippen LogP contribution is -2.25. The molecule has 0 saturated heterocycles. The second-order valence-corrected chi connectivity index (χ2v) is 4.70. The normalized spacial score (nSPS) is 18.9. The molecule has 0 fully saturated rings. The Hall–Kier alpha value is -2.49. The number of carbonyl (C=O) groups is 1. The molecule has 2 unspecified atom stereocenters. The smallest absolute Gasteiger partial charge is 0.331 e. The fraction of sp³-hybridized carbons (Fsp3) is 0.188. The Kier molecular flexibility index (Phi) is 3.29. The average Bonchev–Trinajstić information content (AvgIpc) is 3.06. The van der Waals surface area contributed by atoms with Gasteiger partial charge in [-0.3, -0.25) is 0 Å². The van der Waals surface area contributed by atoms with E-state index in [9.17, 15) is 4.79 Å². The molecule has 1 N–H and O–H groups in total. The third-order valence-electron chi connectivity index (χ3n) is 3.17. The molecule has 0 aliphatic carbocycles. The lowest BCUT2D eigenvalue weighted by molar-refractivity contribution is -0.139. The fourth-order valence-corrected chi connectivity index (χ4v) is 2.21. The Morgan fingerprint density at radius 3 is 2.55 bits per heavy atom. The van der Waals surface area contributed by atoms with Gasteiger partial charge in [0.2, 0.25) is 0 Å². The number of nitrogens with one attached hydrogen (secondary N) is 1. The SMILES string of the molecule is Cc1ccc(C(Nc2ccccc2)C2C=CC(=O)O2)o1. The van der Waals surface area contributed by atoms with Gasteiger partial charge in [0.15, 0.2) is 0 Å². The standard InChI is InChI=1S/C16H15NO3/c1-11-7-8-13(19-11)16(14-9-10-15(18)20-14)17-12-5-3-2-4-6-12/h2-10,14,16-17H,1H3. The summed E-state index contributed by atoms with van der Waals surface area (Å²) in [7, 11) is 0. The van der Waals surface area contributed by atoms with Crippen LogP contribution >= 0.6 is 0 Å². The largest absolute Gasteiger partial charge is 0.464 e. The summed E-state index contributed by atoms with van der Waals surface area (Å²) in [6.45, 7) is 1.89. The highest BCUT2D eigenvalue weighted by Crippen LogP contribution is 2.29. The van der Waals surface area contributed by atoms with Crippen molar-refractivity contribution in [1.29, 1.82) is 0 Å². The number of para-hydroxylation sites is 1. The lowest BCUT2D eigenvalue weighted by atomic mass is 10.1. The number of furan rings is 1. The molecule has 0 saturated carbocycles. The van der Waals surface area contributed by atoms with E-state index in [1.54, 1.807) is 6.08 Å². The molecular weight excluding hydrogens is 254 g/mol. The lowest BCUT2D eigenvalue weighted by Gasteiger charge is -2.22. The number of esters is 1. The molecule has 102 valence electrons. The first-order valence-corrected chi connectivity index (χ1v) is 6.49. The van der Waals surface area contributed by atoms with Crippen LogP contribution in [-0.4, -0.2) is 12.1 Å². The summed E-state index contributed by atoms with van der Waals surface area (Å²) in [5.41, 5.74) is 0.947. The molecule has 1 aromatic carbocycles. The van der Waals surface area contributed by atoms with Crippen molar-refractivity contribution in [2.24, 2.45) is 0 Å². The first-order chi connectivity index (χ1) is 9.72. The number of benzene rings is 1. The number of aryl methyl sites for hydroxylation is 1. The van der Waals surface area contributed by atoms with Crippen LogP contribution in [0.2, 0.25) is 0 Å². The van der Waals surface area contributed by atoms with E-state index in [1.165, 1.54) is 6.08 Å². The molecule has 4 heteroatoms. The van der Waals surface area contributed by atoms with E-state index < -0.39 is 0 Å². The van der Waals surface area contributed by atoms with Crippen molar-refractivity contribution in [2.45, 2.75) is 19.1 Å². The number of rotatable bonds is 4. The van der Waals surface area contributed by atoms with Gasteiger partial charge in [-0.2, -0.15) is 0 Å². The van der Waals surface area contributed by atoms with E-state index >= 15 is 0 Å². The minimum absolute atomic E-state index is 0.242. The molecule has 0 amide bonds. The number of carbonyl (C=O) groups excluding carboxylic acids is 1. The highest BCUT2D eigenvalue weighted by atomic mass is 16.5. The summed E-state index contributed by atoms with van der Waals surface area (Å²) in [5.74, 6) is 1.25. The predicted molar refractivity (Wildman–Crippen MR) is 75.3 cm³/mol.